The van der Waals surface area contributed by atoms with E-state index in [0.717, 1.165) is 4.57 Å². The van der Waals surface area contributed by atoms with Gasteiger partial charge in [0.1, 0.15) is 29.0 Å². The van der Waals surface area contributed by atoms with Crippen molar-refractivity contribution < 1.29 is 13.8 Å². The van der Waals surface area contributed by atoms with Gasteiger partial charge in [-0.2, -0.15) is 10.1 Å². The number of aromatic nitrogens is 8. The number of H-pyrrole nitrogens is 1. The summed E-state index contributed by atoms with van der Waals surface area (Å²) >= 11 is 0. The molecule has 36 heavy (non-hydrogen) atoms. The first-order valence-corrected chi connectivity index (χ1v) is 10.7. The second-order valence-electron chi connectivity index (χ2n) is 7.99. The van der Waals surface area contributed by atoms with Crippen molar-refractivity contribution in [3.8, 4) is 11.5 Å². The van der Waals surface area contributed by atoms with Crippen LogP contribution in [-0.2, 0) is 18.4 Å². The number of nitrogens with one attached hydrogen (secondary N) is 2. The Bertz CT molecular complexity index is 1780. The second kappa shape index (κ2) is 8.61. The minimum absolute atomic E-state index is 0.0712. The molecule has 1 amide bonds. The van der Waals surface area contributed by atoms with E-state index in [-0.39, 0.29) is 35.0 Å². The van der Waals surface area contributed by atoms with Crippen molar-refractivity contribution >= 4 is 22.9 Å². The highest BCUT2D eigenvalue weighted by atomic mass is 16.5. The number of anilines is 1. The summed E-state index contributed by atoms with van der Waals surface area (Å²) in [5.41, 5.74) is -0.319. The van der Waals surface area contributed by atoms with Crippen LogP contribution in [0.5, 0.6) is 0 Å². The number of aryl methyl sites for hydroxylation is 2. The van der Waals surface area contributed by atoms with E-state index in [1.807, 2.05) is 0 Å². The Morgan fingerprint density at radius 1 is 1.22 bits per heavy atom. The van der Waals surface area contributed by atoms with E-state index in [0.29, 0.717) is 11.5 Å². The molecule has 5 rings (SSSR count). The minimum atomic E-state index is -0.903. The molecule has 1 atom stereocenters. The molecule has 5 aromatic heterocycles. The van der Waals surface area contributed by atoms with Crippen molar-refractivity contribution in [1.29, 1.82) is 0 Å². The zero-order valence-electron chi connectivity index (χ0n) is 19.3. The average molecular weight is 493 g/mol. The molecule has 0 radical (unpaired) electrons. The molecule has 5 heterocycles. The van der Waals surface area contributed by atoms with Crippen molar-refractivity contribution in [3.05, 3.63) is 73.4 Å². The fourth-order valence-corrected chi connectivity index (χ4v) is 3.71. The highest BCUT2D eigenvalue weighted by Crippen LogP contribution is 2.18. The van der Waals surface area contributed by atoms with Crippen LogP contribution in [0, 0.1) is 6.92 Å². The lowest BCUT2D eigenvalue weighted by atomic mass is 10.3. The van der Waals surface area contributed by atoms with Crippen molar-refractivity contribution in [2.75, 3.05) is 5.32 Å². The van der Waals surface area contributed by atoms with Crippen LogP contribution in [0.1, 0.15) is 24.4 Å². The topological polar surface area (TPSA) is 189 Å². The predicted octanol–water partition coefficient (Wildman–Crippen LogP) is 0.179. The lowest BCUT2D eigenvalue weighted by molar-refractivity contribution is -0.118. The highest BCUT2D eigenvalue weighted by molar-refractivity contribution is 5.93. The molecule has 0 unspecified atom stereocenters. The number of hydrogen-bond donors (Lipinski definition) is 2. The van der Waals surface area contributed by atoms with E-state index in [2.05, 4.69) is 35.1 Å². The molecular formula is C21H19N9O6. The average Bonchev–Trinajstić information content (AvgIpc) is 3.60. The summed E-state index contributed by atoms with van der Waals surface area (Å²) in [5.74, 6) is -0.476. The quantitative estimate of drug-likeness (QED) is 0.330. The Morgan fingerprint density at radius 2 is 2.03 bits per heavy atom. The van der Waals surface area contributed by atoms with E-state index < -0.39 is 29.0 Å². The molecule has 0 aliphatic rings. The Labute approximate surface area is 200 Å². The van der Waals surface area contributed by atoms with E-state index in [4.69, 9.17) is 4.52 Å². The van der Waals surface area contributed by atoms with Crippen LogP contribution in [0.2, 0.25) is 0 Å². The van der Waals surface area contributed by atoms with E-state index in [1.54, 1.807) is 38.1 Å². The summed E-state index contributed by atoms with van der Waals surface area (Å²) in [6, 6.07) is 5.46. The first-order valence-electron chi connectivity index (χ1n) is 10.7. The highest BCUT2D eigenvalue weighted by Gasteiger charge is 2.23. The van der Waals surface area contributed by atoms with Gasteiger partial charge < -0.3 is 18.9 Å². The maximum atomic E-state index is 13.3. The van der Waals surface area contributed by atoms with Gasteiger partial charge in [0.2, 0.25) is 5.91 Å². The molecule has 0 aliphatic heterocycles. The number of pyridine rings is 1. The van der Waals surface area contributed by atoms with Crippen molar-refractivity contribution in [2.45, 2.75) is 26.4 Å². The second-order valence-corrected chi connectivity index (χ2v) is 7.99. The lowest BCUT2D eigenvalue weighted by Gasteiger charge is -2.15. The monoisotopic (exact) mass is 493 g/mol. The van der Waals surface area contributed by atoms with Gasteiger partial charge in [0, 0.05) is 13.1 Å². The lowest BCUT2D eigenvalue weighted by Crippen LogP contribution is -2.40. The molecule has 15 heteroatoms. The molecular weight excluding hydrogens is 474 g/mol. The molecule has 0 bridgehead atoms. The van der Waals surface area contributed by atoms with Gasteiger partial charge in [-0.1, -0.05) is 11.2 Å². The van der Waals surface area contributed by atoms with Crippen LogP contribution in [0.4, 0.5) is 5.82 Å². The van der Waals surface area contributed by atoms with Crippen LogP contribution in [0.15, 0.2) is 54.0 Å². The van der Waals surface area contributed by atoms with Crippen LogP contribution in [0.25, 0.3) is 22.7 Å². The predicted molar refractivity (Wildman–Crippen MR) is 123 cm³/mol. The molecule has 0 saturated heterocycles. The fourth-order valence-electron chi connectivity index (χ4n) is 3.71. The Hall–Kier alpha value is -5.08. The molecule has 2 N–H and O–H groups in total. The fraction of sp³-hybridized carbons (Fsp3) is 0.238. The number of amides is 1. The molecule has 5 aromatic rings. The SMILES string of the molecule is Cc1cc(Cn2c(=O)c3c(ncn3[C@@H](C)C(=O)Nc3cccc(-c4nc(=O)o[nH]4)n3)n(C)c2=O)no1. The van der Waals surface area contributed by atoms with Gasteiger partial charge in [0.25, 0.3) is 5.56 Å². The smallest absolute Gasteiger partial charge is 0.361 e. The summed E-state index contributed by atoms with van der Waals surface area (Å²) in [6.07, 6.45) is 1.32. The van der Waals surface area contributed by atoms with E-state index in [1.165, 1.54) is 22.5 Å². The maximum absolute atomic E-state index is 13.3. The number of rotatable bonds is 6. The number of fused-ring (bicyclic) bond motifs is 1. The Kier molecular flexibility index (Phi) is 5.43. The standard InChI is InChI=1S/C21H19N9O6/c1-10-7-12(26-35-10)8-29-19(32)15-17(28(3)21(29)34)22-9-30(15)11(2)18(31)24-14-6-4-5-13(23-14)16-25-20(33)36-27-16/h4-7,9,11H,8H2,1-3H3,(H,23,24,31)(H,25,27,33)/t11-/m0/s1. The van der Waals surface area contributed by atoms with Crippen molar-refractivity contribution in [3.63, 3.8) is 0 Å². The number of hydrogen-bond acceptors (Lipinski definition) is 10. The summed E-state index contributed by atoms with van der Waals surface area (Å²) in [4.78, 5) is 62.5. The maximum Gasteiger partial charge on any atom is 0.460 e. The third-order valence-corrected chi connectivity index (χ3v) is 5.53. The minimum Gasteiger partial charge on any atom is -0.361 e. The normalized spacial score (nSPS) is 12.2. The largest absolute Gasteiger partial charge is 0.460 e. The number of carbonyl (C=O) groups excluding carboxylic acids is 1. The van der Waals surface area contributed by atoms with Gasteiger partial charge in [-0.15, -0.1) is 0 Å². The molecule has 0 fully saturated rings. The van der Waals surface area contributed by atoms with Gasteiger partial charge in [-0.25, -0.2) is 19.6 Å². The summed E-state index contributed by atoms with van der Waals surface area (Å²) in [5, 5.41) is 8.86. The number of imidazole rings is 1. The van der Waals surface area contributed by atoms with Crippen LogP contribution >= 0.6 is 0 Å². The molecule has 15 nitrogen and oxygen atoms in total. The first-order chi connectivity index (χ1) is 17.2. The van der Waals surface area contributed by atoms with Crippen LogP contribution in [-0.4, -0.2) is 44.9 Å². The number of carbonyl (C=O) groups is 1. The third-order valence-electron chi connectivity index (χ3n) is 5.53. The molecule has 0 aromatic carbocycles. The Balaban J connectivity index is 1.48. The summed E-state index contributed by atoms with van der Waals surface area (Å²) in [7, 11) is 1.49. The zero-order chi connectivity index (χ0) is 25.6. The molecule has 0 spiro atoms. The van der Waals surface area contributed by atoms with E-state index in [9.17, 15) is 19.2 Å². The van der Waals surface area contributed by atoms with Gasteiger partial charge in [-0.3, -0.25) is 18.7 Å². The molecule has 0 aliphatic carbocycles. The third kappa shape index (κ3) is 3.91. The first kappa shape index (κ1) is 22.7. The summed E-state index contributed by atoms with van der Waals surface area (Å²) in [6.45, 7) is 3.17. The van der Waals surface area contributed by atoms with Crippen molar-refractivity contribution in [2.24, 2.45) is 7.05 Å². The van der Waals surface area contributed by atoms with Gasteiger partial charge in [-0.05, 0) is 26.0 Å². The Morgan fingerprint density at radius 3 is 2.72 bits per heavy atom. The summed E-state index contributed by atoms with van der Waals surface area (Å²) < 4.78 is 13.2. The van der Waals surface area contributed by atoms with Crippen LogP contribution in [0.3, 0.4) is 0 Å². The van der Waals surface area contributed by atoms with E-state index >= 15 is 0 Å². The molecule has 184 valence electrons. The van der Waals surface area contributed by atoms with Crippen LogP contribution < -0.4 is 22.3 Å². The van der Waals surface area contributed by atoms with Gasteiger partial charge in [0.05, 0.1) is 12.9 Å². The zero-order valence-corrected chi connectivity index (χ0v) is 19.3. The number of nitrogens with zero attached hydrogens (tertiary/aromatic N) is 7. The number of aromatic amines is 1. The van der Waals surface area contributed by atoms with Gasteiger partial charge in [0.15, 0.2) is 17.0 Å². The molecule has 0 saturated carbocycles. The van der Waals surface area contributed by atoms with Crippen molar-refractivity contribution in [1.82, 2.24) is 39.0 Å². The van der Waals surface area contributed by atoms with Gasteiger partial charge >= 0.3 is 11.4 Å².